The van der Waals surface area contributed by atoms with Crippen molar-refractivity contribution < 1.29 is 53.1 Å². The van der Waals surface area contributed by atoms with Gasteiger partial charge in [-0.3, -0.25) is 9.59 Å². The van der Waals surface area contributed by atoms with Crippen molar-refractivity contribution in [2.24, 2.45) is 0 Å². The second-order valence-corrected chi connectivity index (χ2v) is 12.8. The Bertz CT molecular complexity index is 1380. The second-order valence-electron chi connectivity index (χ2n) is 12.8. The van der Waals surface area contributed by atoms with E-state index in [2.05, 4.69) is 4.90 Å². The number of carbonyl (C=O) groups excluding carboxylic acids is 4. The van der Waals surface area contributed by atoms with Gasteiger partial charge in [0.05, 0.1) is 24.0 Å². The molecule has 0 amide bonds. The molecule has 0 radical (unpaired) electrons. The fourth-order valence-corrected chi connectivity index (χ4v) is 7.04. The lowest BCUT2D eigenvalue weighted by molar-refractivity contribution is -0.182. The van der Waals surface area contributed by atoms with Crippen LogP contribution < -0.4 is 4.74 Å². The number of rotatable bonds is 8. The van der Waals surface area contributed by atoms with Crippen molar-refractivity contribution in [1.82, 2.24) is 4.90 Å². The van der Waals surface area contributed by atoms with Crippen LogP contribution in [-0.4, -0.2) is 88.1 Å². The maximum atomic E-state index is 13.2. The van der Waals surface area contributed by atoms with Crippen LogP contribution in [0.1, 0.15) is 70.6 Å². The normalized spacial score (nSPS) is 28.4. The number of nitrogens with zero attached hydrogens (tertiary/aromatic N) is 1. The maximum absolute atomic E-state index is 13.2. The summed E-state index contributed by atoms with van der Waals surface area (Å²) in [4.78, 5) is 52.2. The first-order valence-electron chi connectivity index (χ1n) is 14.5. The van der Waals surface area contributed by atoms with Gasteiger partial charge in [0.25, 0.3) is 0 Å². The summed E-state index contributed by atoms with van der Waals surface area (Å²) < 4.78 is 27.7. The van der Waals surface area contributed by atoms with Crippen LogP contribution in [0.15, 0.2) is 24.0 Å². The molecule has 4 aliphatic rings. The third kappa shape index (κ3) is 5.19. The average Bonchev–Trinajstić information content (AvgIpc) is 3.26. The van der Waals surface area contributed by atoms with Gasteiger partial charge in [0.15, 0.2) is 12.2 Å². The first kappa shape index (κ1) is 31.0. The Morgan fingerprint density at radius 2 is 1.88 bits per heavy atom. The number of likely N-dealkylation sites (N-methyl/N-ethyl adjacent to an activating group) is 1. The highest BCUT2D eigenvalue weighted by atomic mass is 16.6. The summed E-state index contributed by atoms with van der Waals surface area (Å²) in [6.45, 7) is 7.76. The molecule has 12 nitrogen and oxygen atoms in total. The summed E-state index contributed by atoms with van der Waals surface area (Å²) >= 11 is 0. The minimum atomic E-state index is -1.62. The molecule has 2 N–H and O–H groups in total. The topological polar surface area (TPSA) is 158 Å². The van der Waals surface area contributed by atoms with Crippen molar-refractivity contribution in [1.29, 1.82) is 0 Å². The van der Waals surface area contributed by atoms with E-state index in [1.54, 1.807) is 26.8 Å². The highest BCUT2D eigenvalue weighted by Gasteiger charge is 2.72. The Morgan fingerprint density at radius 1 is 1.16 bits per heavy atom. The smallest absolute Gasteiger partial charge is 0.352 e. The van der Waals surface area contributed by atoms with Crippen molar-refractivity contribution in [3.63, 3.8) is 0 Å². The predicted octanol–water partition coefficient (Wildman–Crippen LogP) is 1.60. The minimum absolute atomic E-state index is 0.180. The van der Waals surface area contributed by atoms with Crippen molar-refractivity contribution in [2.45, 2.75) is 108 Å². The van der Waals surface area contributed by atoms with Gasteiger partial charge < -0.3 is 38.8 Å². The van der Waals surface area contributed by atoms with E-state index in [4.69, 9.17) is 23.7 Å². The molecule has 5 rings (SSSR count). The predicted molar refractivity (Wildman–Crippen MR) is 149 cm³/mol. The van der Waals surface area contributed by atoms with Crippen molar-refractivity contribution in [3.05, 3.63) is 40.7 Å². The van der Waals surface area contributed by atoms with Crippen LogP contribution in [-0.2, 0) is 56.6 Å². The standard InChI is InChI=1S/C31H39NO11/c1-16(39-28(37)21(40-17(2)34)14-23(35)43-29(3,4)5)27(36)41-20-9-10-31(38)22-13-18-7-8-19(15-33)25-24(18)30(31,26(20)42-25)11-12-32(22)6/h7-9,16,21-22,26,33,38H,10-15H2,1-6H3/t16-,21-,22+,26-,30-,31+/m0/s1. The molecular weight excluding hydrogens is 562 g/mol. The number of piperidine rings is 1. The fourth-order valence-electron chi connectivity index (χ4n) is 7.04. The number of hydrogen-bond acceptors (Lipinski definition) is 12. The molecule has 2 heterocycles. The number of likely N-dealkylation sites (tertiary alicyclic amines) is 1. The molecule has 1 spiro atoms. The molecule has 234 valence electrons. The molecular formula is C31H39NO11. The number of benzene rings is 1. The Morgan fingerprint density at radius 3 is 2.53 bits per heavy atom. The fraction of sp³-hybridized carbons (Fsp3) is 0.613. The molecule has 0 unspecified atom stereocenters. The largest absolute Gasteiger partial charge is 0.481 e. The van der Waals surface area contributed by atoms with Crippen molar-refractivity contribution in [3.8, 4) is 5.75 Å². The summed E-state index contributed by atoms with van der Waals surface area (Å²) in [5, 5.41) is 22.3. The molecule has 2 aliphatic heterocycles. The number of aliphatic hydroxyl groups excluding tert-OH is 1. The number of esters is 4. The van der Waals surface area contributed by atoms with E-state index in [0.717, 1.165) is 18.1 Å². The SMILES string of the molecule is CC(=O)O[C@@H](CC(=O)OC(C)(C)C)C(=O)O[C@@H](C)C(=O)OC1=CC[C@@]2(O)[C@H]3Cc4ccc(CO)c5c4[C@@]2(CCN3C)[C@H]1O5. The maximum Gasteiger partial charge on any atom is 0.352 e. The minimum Gasteiger partial charge on any atom is -0.481 e. The van der Waals surface area contributed by atoms with E-state index in [1.165, 1.54) is 6.92 Å². The van der Waals surface area contributed by atoms with E-state index in [-0.39, 0.29) is 24.8 Å². The molecule has 43 heavy (non-hydrogen) atoms. The Balaban J connectivity index is 1.36. The summed E-state index contributed by atoms with van der Waals surface area (Å²) in [5.74, 6) is -2.94. The molecule has 0 saturated carbocycles. The van der Waals surface area contributed by atoms with E-state index in [0.29, 0.717) is 30.7 Å². The third-order valence-electron chi connectivity index (χ3n) is 8.81. The van der Waals surface area contributed by atoms with Gasteiger partial charge in [-0.15, -0.1) is 0 Å². The molecule has 1 fully saturated rings. The van der Waals surface area contributed by atoms with Crippen LogP contribution in [0.3, 0.4) is 0 Å². The molecule has 1 aromatic carbocycles. The first-order chi connectivity index (χ1) is 20.1. The molecule has 0 aromatic heterocycles. The van der Waals surface area contributed by atoms with Gasteiger partial charge in [0.1, 0.15) is 17.1 Å². The Labute approximate surface area is 249 Å². The lowest BCUT2D eigenvalue weighted by Gasteiger charge is -2.61. The van der Waals surface area contributed by atoms with Gasteiger partial charge in [-0.25, -0.2) is 9.59 Å². The first-order valence-corrected chi connectivity index (χ1v) is 14.5. The number of aliphatic hydroxyl groups is 2. The quantitative estimate of drug-likeness (QED) is 0.328. The number of carbonyl (C=O) groups is 4. The van der Waals surface area contributed by atoms with Crippen LogP contribution in [0, 0.1) is 0 Å². The van der Waals surface area contributed by atoms with Crippen LogP contribution in [0.25, 0.3) is 0 Å². The zero-order chi connectivity index (χ0) is 31.5. The molecule has 1 saturated heterocycles. The molecule has 1 aromatic rings. The Hall–Kier alpha value is -3.48. The highest BCUT2D eigenvalue weighted by Crippen LogP contribution is 2.64. The van der Waals surface area contributed by atoms with Crippen molar-refractivity contribution >= 4 is 23.9 Å². The van der Waals surface area contributed by atoms with E-state index in [1.807, 2.05) is 19.2 Å². The van der Waals surface area contributed by atoms with Crippen LogP contribution in [0.4, 0.5) is 0 Å². The molecule has 12 heteroatoms. The third-order valence-corrected chi connectivity index (χ3v) is 8.81. The molecule has 2 bridgehead atoms. The van der Waals surface area contributed by atoms with Crippen LogP contribution >= 0.6 is 0 Å². The van der Waals surface area contributed by atoms with Gasteiger partial charge in [-0.05, 0) is 65.8 Å². The van der Waals surface area contributed by atoms with Crippen LogP contribution in [0.2, 0.25) is 0 Å². The Kier molecular flexibility index (Phi) is 7.85. The zero-order valence-electron chi connectivity index (χ0n) is 25.3. The second kappa shape index (κ2) is 10.9. The van der Waals surface area contributed by atoms with E-state index < -0.39 is 65.2 Å². The summed E-state index contributed by atoms with van der Waals surface area (Å²) in [7, 11) is 1.98. The number of ether oxygens (including phenoxy) is 5. The monoisotopic (exact) mass is 601 g/mol. The van der Waals surface area contributed by atoms with Gasteiger partial charge in [-0.1, -0.05) is 12.1 Å². The number of hydrogen-bond donors (Lipinski definition) is 2. The van der Waals surface area contributed by atoms with Gasteiger partial charge in [0.2, 0.25) is 6.10 Å². The summed E-state index contributed by atoms with van der Waals surface area (Å²) in [6.07, 6.45) is -1.52. The molecule has 6 atom stereocenters. The summed E-state index contributed by atoms with van der Waals surface area (Å²) in [6, 6.07) is 3.59. The van der Waals surface area contributed by atoms with Crippen LogP contribution in [0.5, 0.6) is 5.75 Å². The summed E-state index contributed by atoms with van der Waals surface area (Å²) in [5.41, 5.74) is -0.488. The van der Waals surface area contributed by atoms with Gasteiger partial charge in [0, 0.05) is 30.5 Å². The zero-order valence-corrected chi connectivity index (χ0v) is 25.3. The lowest BCUT2D eigenvalue weighted by Crippen LogP contribution is -2.74. The van der Waals surface area contributed by atoms with Gasteiger partial charge in [-0.2, -0.15) is 0 Å². The average molecular weight is 602 g/mol. The lowest BCUT2D eigenvalue weighted by atomic mass is 9.50. The highest BCUT2D eigenvalue weighted by molar-refractivity contribution is 5.86. The van der Waals surface area contributed by atoms with E-state index >= 15 is 0 Å². The van der Waals surface area contributed by atoms with E-state index in [9.17, 15) is 29.4 Å². The van der Waals surface area contributed by atoms with Gasteiger partial charge >= 0.3 is 23.9 Å². The molecule has 2 aliphatic carbocycles. The van der Waals surface area contributed by atoms with Crippen molar-refractivity contribution in [2.75, 3.05) is 13.6 Å².